The first-order valence-electron chi connectivity index (χ1n) is 10.1. The molecular formula is C22H21BrN2OS2. The lowest BCUT2D eigenvalue weighted by atomic mass is 9.54. The van der Waals surface area contributed by atoms with Crippen molar-refractivity contribution in [3.63, 3.8) is 0 Å². The highest BCUT2D eigenvalue weighted by Crippen LogP contribution is 2.56. The zero-order valence-electron chi connectivity index (χ0n) is 15.4. The van der Waals surface area contributed by atoms with Crippen LogP contribution >= 0.6 is 39.9 Å². The van der Waals surface area contributed by atoms with Crippen molar-refractivity contribution in [2.75, 3.05) is 0 Å². The van der Waals surface area contributed by atoms with E-state index in [4.69, 9.17) is 12.2 Å². The Hall–Kier alpha value is -1.11. The summed E-state index contributed by atoms with van der Waals surface area (Å²) in [5.41, 5.74) is 2.03. The molecule has 0 radical (unpaired) electrons. The van der Waals surface area contributed by atoms with Crippen molar-refractivity contribution in [2.45, 2.75) is 38.1 Å². The minimum absolute atomic E-state index is 0.118. The Morgan fingerprint density at radius 2 is 1.82 bits per heavy atom. The molecule has 5 fully saturated rings. The third kappa shape index (κ3) is 2.75. The number of aromatic nitrogens is 1. The minimum atomic E-state index is 0.118. The molecule has 1 aromatic heterocycles. The molecule has 1 amide bonds. The lowest BCUT2D eigenvalue weighted by Gasteiger charge is -2.56. The van der Waals surface area contributed by atoms with Crippen LogP contribution in [0.5, 0.6) is 0 Å². The molecule has 1 aliphatic heterocycles. The van der Waals surface area contributed by atoms with Gasteiger partial charge in [-0.2, -0.15) is 0 Å². The molecule has 2 heterocycles. The number of hydrogen-bond acceptors (Lipinski definition) is 3. The van der Waals surface area contributed by atoms with Crippen molar-refractivity contribution in [1.82, 2.24) is 9.88 Å². The van der Waals surface area contributed by atoms with Crippen LogP contribution < -0.4 is 0 Å². The molecule has 7 rings (SSSR count). The minimum Gasteiger partial charge on any atom is -0.355 e. The number of H-pyrrole nitrogens is 1. The van der Waals surface area contributed by atoms with Gasteiger partial charge in [0.15, 0.2) is 0 Å². The maximum absolute atomic E-state index is 13.3. The number of halogens is 1. The lowest BCUT2D eigenvalue weighted by Crippen LogP contribution is -2.57. The largest absolute Gasteiger partial charge is 0.355 e. The Morgan fingerprint density at radius 1 is 1.11 bits per heavy atom. The highest BCUT2D eigenvalue weighted by atomic mass is 79.9. The molecule has 2 aromatic rings. The van der Waals surface area contributed by atoms with Crippen LogP contribution in [0, 0.1) is 23.7 Å². The molecular weight excluding hydrogens is 452 g/mol. The van der Waals surface area contributed by atoms with Crippen LogP contribution in [0.1, 0.15) is 37.8 Å². The normalized spacial score (nSPS) is 35.7. The summed E-state index contributed by atoms with van der Waals surface area (Å²) >= 11 is 10.7. The van der Waals surface area contributed by atoms with Crippen LogP contribution in [-0.2, 0) is 4.79 Å². The Morgan fingerprint density at radius 3 is 2.54 bits per heavy atom. The summed E-state index contributed by atoms with van der Waals surface area (Å²) < 4.78 is 1.81. The number of thiocarbonyl (C=S) groups is 1. The van der Waals surface area contributed by atoms with E-state index in [0.29, 0.717) is 17.9 Å². The molecule has 4 saturated carbocycles. The number of aromatic amines is 1. The fraction of sp³-hybridized carbons (Fsp3) is 0.455. The number of nitrogens with zero attached hydrogens (tertiary/aromatic N) is 1. The van der Waals surface area contributed by atoms with Crippen LogP contribution in [0.25, 0.3) is 17.0 Å². The van der Waals surface area contributed by atoms with E-state index in [9.17, 15) is 4.79 Å². The Balaban J connectivity index is 1.31. The molecule has 6 heteroatoms. The van der Waals surface area contributed by atoms with Gasteiger partial charge in [-0.15, -0.1) is 0 Å². The Labute approximate surface area is 182 Å². The third-order valence-electron chi connectivity index (χ3n) is 7.19. The van der Waals surface area contributed by atoms with E-state index in [0.717, 1.165) is 42.1 Å². The summed E-state index contributed by atoms with van der Waals surface area (Å²) in [6, 6.07) is 8.59. The average Bonchev–Trinajstić information content (AvgIpc) is 3.15. The standard InChI is InChI=1S/C22H21BrN2OS2/c23-16-1-2-18-13(8-16)9-17(24-18)10-19-21(26)25(22(27)28-19)20-14-4-11-3-12(6-14)7-15(20)5-11/h1-2,8-12,14-15,20,24H,3-7H2/b19-10-. The quantitative estimate of drug-likeness (QED) is 0.432. The molecule has 0 unspecified atom stereocenters. The van der Waals surface area contributed by atoms with Crippen molar-refractivity contribution < 1.29 is 4.79 Å². The summed E-state index contributed by atoms with van der Waals surface area (Å²) in [7, 11) is 0. The van der Waals surface area contributed by atoms with E-state index in [1.807, 2.05) is 17.0 Å². The first kappa shape index (κ1) is 17.7. The second kappa shape index (κ2) is 6.44. The van der Waals surface area contributed by atoms with E-state index in [1.165, 1.54) is 43.9 Å². The van der Waals surface area contributed by atoms with Gasteiger partial charge >= 0.3 is 0 Å². The smallest absolute Gasteiger partial charge is 0.266 e. The predicted octanol–water partition coefficient (Wildman–Crippen LogP) is 5.96. The van der Waals surface area contributed by atoms with E-state index in [1.54, 1.807) is 0 Å². The Bertz CT molecular complexity index is 1010. The van der Waals surface area contributed by atoms with Gasteiger partial charge in [0, 0.05) is 27.1 Å². The van der Waals surface area contributed by atoms with Gasteiger partial charge in [0.2, 0.25) is 0 Å². The van der Waals surface area contributed by atoms with Crippen molar-refractivity contribution in [2.24, 2.45) is 23.7 Å². The number of thioether (sulfide) groups is 1. The van der Waals surface area contributed by atoms with Crippen LogP contribution in [0.2, 0.25) is 0 Å². The maximum atomic E-state index is 13.3. The zero-order valence-corrected chi connectivity index (χ0v) is 18.6. The first-order chi connectivity index (χ1) is 13.5. The lowest BCUT2D eigenvalue weighted by molar-refractivity contribution is -0.130. The molecule has 144 valence electrons. The second-order valence-corrected chi connectivity index (χ2v) is 11.5. The van der Waals surface area contributed by atoms with Crippen molar-refractivity contribution in [1.29, 1.82) is 0 Å². The number of hydrogen-bond donors (Lipinski definition) is 1. The van der Waals surface area contributed by atoms with Crippen molar-refractivity contribution >= 4 is 67.1 Å². The van der Waals surface area contributed by atoms with Gasteiger partial charge in [-0.25, -0.2) is 0 Å². The van der Waals surface area contributed by atoms with E-state index < -0.39 is 0 Å². The number of benzene rings is 1. The number of rotatable bonds is 2. The molecule has 1 N–H and O–H groups in total. The molecule has 1 saturated heterocycles. The molecule has 3 nitrogen and oxygen atoms in total. The van der Waals surface area contributed by atoms with Gasteiger partial charge < -0.3 is 4.98 Å². The van der Waals surface area contributed by atoms with E-state index >= 15 is 0 Å². The van der Waals surface area contributed by atoms with Gasteiger partial charge in [0.25, 0.3) is 5.91 Å². The van der Waals surface area contributed by atoms with Gasteiger partial charge in [0.05, 0.1) is 4.91 Å². The molecule has 28 heavy (non-hydrogen) atoms. The highest BCUT2D eigenvalue weighted by molar-refractivity contribution is 9.10. The van der Waals surface area contributed by atoms with Crippen LogP contribution in [-0.4, -0.2) is 26.2 Å². The number of carbonyl (C=O) groups excluding carboxylic acids is 1. The zero-order chi connectivity index (χ0) is 19.0. The van der Waals surface area contributed by atoms with Gasteiger partial charge in [-0.1, -0.05) is 39.9 Å². The number of fused-ring (bicyclic) bond motifs is 1. The molecule has 4 bridgehead atoms. The highest BCUT2D eigenvalue weighted by Gasteiger charge is 2.53. The van der Waals surface area contributed by atoms with Crippen molar-refractivity contribution in [3.05, 3.63) is 39.3 Å². The molecule has 5 aliphatic rings. The summed E-state index contributed by atoms with van der Waals surface area (Å²) in [5.74, 6) is 3.23. The molecule has 4 aliphatic carbocycles. The van der Waals surface area contributed by atoms with Gasteiger partial charge in [0.1, 0.15) is 4.32 Å². The van der Waals surface area contributed by atoms with E-state index in [2.05, 4.69) is 39.1 Å². The average molecular weight is 473 g/mol. The number of nitrogens with one attached hydrogen (secondary N) is 1. The van der Waals surface area contributed by atoms with Gasteiger partial charge in [-0.05, 0) is 86.1 Å². The fourth-order valence-electron chi connectivity index (χ4n) is 6.40. The Kier molecular flexibility index (Phi) is 4.08. The monoisotopic (exact) mass is 472 g/mol. The fourth-order valence-corrected chi connectivity index (χ4v) is 8.12. The molecule has 0 spiro atoms. The summed E-state index contributed by atoms with van der Waals surface area (Å²) in [5, 5.41) is 1.14. The topological polar surface area (TPSA) is 36.1 Å². The summed E-state index contributed by atoms with van der Waals surface area (Å²) in [4.78, 5) is 19.5. The van der Waals surface area contributed by atoms with Crippen LogP contribution in [0.4, 0.5) is 0 Å². The molecule has 0 atom stereocenters. The first-order valence-corrected chi connectivity index (χ1v) is 12.1. The number of amides is 1. The van der Waals surface area contributed by atoms with E-state index in [-0.39, 0.29) is 5.91 Å². The predicted molar refractivity (Wildman–Crippen MR) is 122 cm³/mol. The van der Waals surface area contributed by atoms with Crippen LogP contribution in [0.15, 0.2) is 33.6 Å². The van der Waals surface area contributed by atoms with Crippen LogP contribution in [0.3, 0.4) is 0 Å². The summed E-state index contributed by atoms with van der Waals surface area (Å²) in [6.45, 7) is 0. The number of carbonyl (C=O) groups is 1. The van der Waals surface area contributed by atoms with Gasteiger partial charge in [-0.3, -0.25) is 9.69 Å². The van der Waals surface area contributed by atoms with Crippen molar-refractivity contribution in [3.8, 4) is 0 Å². The summed E-state index contributed by atoms with van der Waals surface area (Å²) in [6.07, 6.45) is 8.59. The second-order valence-electron chi connectivity index (χ2n) is 8.93. The third-order valence-corrected chi connectivity index (χ3v) is 9.01. The molecule has 1 aromatic carbocycles. The SMILES string of the molecule is O=C1/C(=C/c2cc3cc(Br)ccc3[nH]2)SC(=S)N1C1C2CC3CC(C2)CC1C3. The maximum Gasteiger partial charge on any atom is 0.266 e.